The number of nitrogens with one attached hydrogen (secondary N) is 1. The van der Waals surface area contributed by atoms with E-state index in [4.69, 9.17) is 0 Å². The van der Waals surface area contributed by atoms with Crippen molar-refractivity contribution in [1.82, 2.24) is 0 Å². The van der Waals surface area contributed by atoms with Gasteiger partial charge in [0, 0.05) is 12.1 Å². The van der Waals surface area contributed by atoms with E-state index < -0.39 is 51.9 Å². The largest absolute Gasteiger partial charge is 0.743 e. The summed E-state index contributed by atoms with van der Waals surface area (Å²) in [6.07, 6.45) is -10.7. The van der Waals surface area contributed by atoms with Crippen LogP contribution in [0.25, 0.3) is 0 Å². The first-order valence-corrected chi connectivity index (χ1v) is 8.12. The van der Waals surface area contributed by atoms with Gasteiger partial charge in [0.05, 0.1) is 6.42 Å². The molecule has 1 unspecified atom stereocenters. The van der Waals surface area contributed by atoms with Gasteiger partial charge in [-0.2, -0.15) is 48.3 Å². The molecule has 0 saturated carbocycles. The lowest BCUT2D eigenvalue weighted by molar-refractivity contribution is -0.377. The molecule has 170 valence electrons. The minimum absolute atomic E-state index is 1.88. The van der Waals surface area contributed by atoms with Crippen LogP contribution in [0.4, 0.5) is 52.7 Å². The van der Waals surface area contributed by atoms with Crippen molar-refractivity contribution in [2.75, 3.05) is 0 Å². The molecule has 0 aromatic carbocycles. The third-order valence-corrected chi connectivity index (χ3v) is 3.79. The molecule has 1 atom stereocenters. The van der Waals surface area contributed by atoms with Crippen LogP contribution in [0, 0.1) is 0 Å². The summed E-state index contributed by atoms with van der Waals surface area (Å²) in [7, 11) is -7.66. The Morgan fingerprint density at radius 1 is 0.793 bits per heavy atom. The number of aromatic amines is 1. The second kappa shape index (κ2) is 8.53. The summed E-state index contributed by atoms with van der Waals surface area (Å²) in [6.45, 7) is 0. The zero-order valence-electron chi connectivity index (χ0n) is 13.3. The Kier molecular flexibility index (Phi) is 8.01. The molecule has 1 aromatic rings. The summed E-state index contributed by atoms with van der Waals surface area (Å²) in [5.41, 5.74) is 0. The van der Waals surface area contributed by atoms with E-state index in [-0.39, 0.29) is 0 Å². The molecule has 0 saturated heterocycles. The molecule has 17 heteroatoms. The lowest BCUT2D eigenvalue weighted by Crippen LogP contribution is -2.66. The van der Waals surface area contributed by atoms with Crippen molar-refractivity contribution in [3.05, 3.63) is 30.6 Å². The molecule has 0 aliphatic rings. The topological polar surface area (TPSA) is 71.3 Å². The third kappa shape index (κ3) is 5.86. The Morgan fingerprint density at radius 3 is 1.45 bits per heavy atom. The van der Waals surface area contributed by atoms with Crippen LogP contribution in [-0.4, -0.2) is 48.3 Å². The summed E-state index contributed by atoms with van der Waals surface area (Å²) in [6, 6.07) is 5.86. The van der Waals surface area contributed by atoms with Crippen molar-refractivity contribution in [1.29, 1.82) is 0 Å². The number of pyridine rings is 1. The SMILES string of the molecule is O=S(=O)([O-])C(F)(F)C(F)(F)C(F)(F)C(F)(F)C(F)CC(F)(F)F.c1cc[nH+]cc1. The van der Waals surface area contributed by atoms with Crippen molar-refractivity contribution in [3.8, 4) is 0 Å². The van der Waals surface area contributed by atoms with E-state index in [9.17, 15) is 65.7 Å². The van der Waals surface area contributed by atoms with Crippen molar-refractivity contribution < 1.29 is 70.6 Å². The Morgan fingerprint density at radius 2 is 1.21 bits per heavy atom. The van der Waals surface area contributed by atoms with E-state index in [1.807, 2.05) is 30.6 Å². The van der Waals surface area contributed by atoms with Crippen LogP contribution in [0.5, 0.6) is 0 Å². The average molecular weight is 475 g/mol. The van der Waals surface area contributed by atoms with Crippen molar-refractivity contribution in [3.63, 3.8) is 0 Å². The predicted octanol–water partition coefficient (Wildman–Crippen LogP) is 3.82. The maximum Gasteiger partial charge on any atom is 0.402 e. The normalized spacial score (nSPS) is 15.3. The standard InChI is InChI=1S/C7H4F12O3S.C5H5N/c8-2(1-3(9,10)11)4(12,13)5(14,15)6(16,17)7(18,19)23(20,21)22;1-2-4-6-5-3-1/h2H,1H2,(H,20,21,22);1-5H. The highest BCUT2D eigenvalue weighted by Gasteiger charge is 2.84. The number of aromatic nitrogens is 1. The Bertz CT molecular complexity index is 724. The van der Waals surface area contributed by atoms with Gasteiger partial charge in [-0.05, 0) is 0 Å². The molecule has 1 heterocycles. The first kappa shape index (κ1) is 27.2. The molecule has 0 bridgehead atoms. The fourth-order valence-corrected chi connectivity index (χ4v) is 1.86. The number of rotatable bonds is 6. The molecule has 0 fully saturated rings. The summed E-state index contributed by atoms with van der Waals surface area (Å²) in [4.78, 5) is 2.89. The van der Waals surface area contributed by atoms with Gasteiger partial charge in [0.25, 0.3) is 0 Å². The summed E-state index contributed by atoms with van der Waals surface area (Å²) in [5, 5.41) is -7.36. The van der Waals surface area contributed by atoms with Crippen LogP contribution in [-0.2, 0) is 10.1 Å². The van der Waals surface area contributed by atoms with E-state index in [0.29, 0.717) is 0 Å². The van der Waals surface area contributed by atoms with Gasteiger partial charge in [-0.3, -0.25) is 0 Å². The molecule has 1 aromatic heterocycles. The van der Waals surface area contributed by atoms with Crippen molar-refractivity contribution >= 4 is 10.1 Å². The van der Waals surface area contributed by atoms with E-state index in [0.717, 1.165) is 0 Å². The second-order valence-corrected chi connectivity index (χ2v) is 6.53. The molecule has 0 spiro atoms. The van der Waals surface area contributed by atoms with Gasteiger partial charge in [0.15, 0.2) is 28.7 Å². The first-order chi connectivity index (χ1) is 12.6. The van der Waals surface area contributed by atoms with E-state index in [1.165, 1.54) is 0 Å². The number of hydrogen-bond donors (Lipinski definition) is 0. The number of halogens is 12. The smallest absolute Gasteiger partial charge is 0.402 e. The molecular formula is C12H9F12NO3S. The Hall–Kier alpha value is -1.78. The van der Waals surface area contributed by atoms with Gasteiger partial charge >= 0.3 is 29.2 Å². The molecule has 4 nitrogen and oxygen atoms in total. The summed E-state index contributed by atoms with van der Waals surface area (Å²) in [5.74, 6) is -22.4. The summed E-state index contributed by atoms with van der Waals surface area (Å²) < 4.78 is 179. The fraction of sp³-hybridized carbons (Fsp3) is 0.583. The molecule has 29 heavy (non-hydrogen) atoms. The van der Waals surface area contributed by atoms with Gasteiger partial charge in [0.2, 0.25) is 0 Å². The summed E-state index contributed by atoms with van der Waals surface area (Å²) >= 11 is 0. The number of alkyl halides is 12. The lowest BCUT2D eigenvalue weighted by Gasteiger charge is -2.38. The highest BCUT2D eigenvalue weighted by atomic mass is 32.2. The van der Waals surface area contributed by atoms with E-state index >= 15 is 0 Å². The molecule has 0 aliphatic carbocycles. The van der Waals surface area contributed by atoms with Crippen molar-refractivity contribution in [2.24, 2.45) is 0 Å². The van der Waals surface area contributed by atoms with Crippen molar-refractivity contribution in [2.45, 2.75) is 41.8 Å². The molecule has 1 N–H and O–H groups in total. The van der Waals surface area contributed by atoms with Gasteiger partial charge in [0.1, 0.15) is 0 Å². The zero-order chi connectivity index (χ0) is 23.5. The minimum Gasteiger partial charge on any atom is -0.743 e. The monoisotopic (exact) mass is 475 g/mol. The van der Waals surface area contributed by atoms with Gasteiger partial charge in [-0.1, -0.05) is 6.07 Å². The predicted molar refractivity (Wildman–Crippen MR) is 68.1 cm³/mol. The van der Waals surface area contributed by atoms with Crippen LogP contribution >= 0.6 is 0 Å². The van der Waals surface area contributed by atoms with Crippen LogP contribution in [0.15, 0.2) is 30.6 Å². The average Bonchev–Trinajstić information content (AvgIpc) is 2.53. The van der Waals surface area contributed by atoms with Gasteiger partial charge in [-0.25, -0.2) is 17.8 Å². The minimum atomic E-state index is -7.71. The molecule has 0 aliphatic heterocycles. The quantitative estimate of drug-likeness (QED) is 0.464. The second-order valence-electron chi connectivity index (χ2n) is 5.11. The molecule has 0 radical (unpaired) electrons. The number of hydrogen-bond acceptors (Lipinski definition) is 3. The highest BCUT2D eigenvalue weighted by Crippen LogP contribution is 2.56. The molecule has 0 amide bonds. The number of H-pyrrole nitrogens is 1. The van der Waals surface area contributed by atoms with Crippen LogP contribution in [0.2, 0.25) is 0 Å². The van der Waals surface area contributed by atoms with E-state index in [2.05, 4.69) is 4.98 Å². The van der Waals surface area contributed by atoms with Gasteiger partial charge in [-0.15, -0.1) is 0 Å². The van der Waals surface area contributed by atoms with Crippen LogP contribution in [0.3, 0.4) is 0 Å². The lowest BCUT2D eigenvalue weighted by atomic mass is 9.98. The molecule has 1 rings (SSSR count). The van der Waals surface area contributed by atoms with Crippen LogP contribution < -0.4 is 4.98 Å². The first-order valence-electron chi connectivity index (χ1n) is 6.71. The Balaban J connectivity index is 0.00000110. The highest BCUT2D eigenvalue weighted by molar-refractivity contribution is 7.86. The third-order valence-electron chi connectivity index (χ3n) is 2.90. The molecular weight excluding hydrogens is 466 g/mol. The van der Waals surface area contributed by atoms with E-state index in [1.54, 1.807) is 0 Å². The fourth-order valence-electron chi connectivity index (χ4n) is 1.42. The van der Waals surface area contributed by atoms with Crippen LogP contribution in [0.1, 0.15) is 6.42 Å². The van der Waals surface area contributed by atoms with Gasteiger partial charge < -0.3 is 4.55 Å². The maximum absolute atomic E-state index is 12.8. The Labute approximate surface area is 154 Å². The maximum atomic E-state index is 12.8. The zero-order valence-corrected chi connectivity index (χ0v) is 14.2.